The topological polar surface area (TPSA) is 78.3 Å². The molecular weight excluding hydrogens is 442 g/mol. The van der Waals surface area contributed by atoms with Crippen molar-refractivity contribution >= 4 is 44.9 Å². The van der Waals surface area contributed by atoms with Crippen LogP contribution in [0.25, 0.3) is 5.69 Å². The lowest BCUT2D eigenvalue weighted by atomic mass is 10.3. The van der Waals surface area contributed by atoms with Crippen LogP contribution >= 0.6 is 34.8 Å². The molecule has 0 saturated carbocycles. The summed E-state index contributed by atoms with van der Waals surface area (Å²) in [6.07, 6.45) is 1.19. The number of halogens is 4. The molecule has 11 heteroatoms. The molecule has 0 aliphatic carbocycles. The van der Waals surface area contributed by atoms with Crippen molar-refractivity contribution in [2.45, 2.75) is 4.90 Å². The largest absolute Gasteiger partial charge is 0.377 e. The lowest BCUT2D eigenvalue weighted by Gasteiger charge is -2.10. The van der Waals surface area contributed by atoms with Crippen LogP contribution < -0.4 is 9.74 Å². The van der Waals surface area contributed by atoms with E-state index in [1.807, 2.05) is 0 Å². The van der Waals surface area contributed by atoms with Crippen LogP contribution in [0.1, 0.15) is 0 Å². The van der Waals surface area contributed by atoms with Crippen molar-refractivity contribution in [3.05, 3.63) is 79.9 Å². The van der Waals surface area contributed by atoms with Crippen molar-refractivity contribution in [3.63, 3.8) is 0 Å². The number of hydrogen-bond acceptors (Lipinski definition) is 5. The van der Waals surface area contributed by atoms with Crippen molar-refractivity contribution in [2.24, 2.45) is 0 Å². The maximum absolute atomic E-state index is 13.1. The first-order valence-corrected chi connectivity index (χ1v) is 9.66. The quantitative estimate of drug-likeness (QED) is 0.560. The zero-order valence-electron chi connectivity index (χ0n) is 13.1. The van der Waals surface area contributed by atoms with E-state index in [2.05, 4.69) is 5.10 Å². The second-order valence-corrected chi connectivity index (χ2v) is 7.87. The van der Waals surface area contributed by atoms with E-state index in [0.29, 0.717) is 0 Å². The van der Waals surface area contributed by atoms with Crippen LogP contribution in [0.3, 0.4) is 0 Å². The minimum Gasteiger partial charge on any atom is -0.377 e. The second-order valence-electron chi connectivity index (χ2n) is 5.13. The summed E-state index contributed by atoms with van der Waals surface area (Å²) in [7, 11) is -4.23. The first kappa shape index (κ1) is 19.6. The lowest BCUT2D eigenvalue weighted by Crippen LogP contribution is -2.21. The van der Waals surface area contributed by atoms with Gasteiger partial charge in [-0.3, -0.25) is 4.79 Å². The summed E-state index contributed by atoms with van der Waals surface area (Å²) in [6, 6.07) is 8.13. The zero-order chi connectivity index (χ0) is 19.8. The Morgan fingerprint density at radius 2 is 1.67 bits per heavy atom. The third kappa shape index (κ3) is 4.08. The molecule has 0 fully saturated rings. The molecule has 0 saturated heterocycles. The Morgan fingerprint density at radius 3 is 2.30 bits per heavy atom. The van der Waals surface area contributed by atoms with Crippen molar-refractivity contribution in [1.82, 2.24) is 9.78 Å². The van der Waals surface area contributed by atoms with Crippen molar-refractivity contribution in [3.8, 4) is 11.4 Å². The van der Waals surface area contributed by atoms with Gasteiger partial charge in [0.25, 0.3) is 5.56 Å². The first-order chi connectivity index (χ1) is 12.7. The number of hydrogen-bond donors (Lipinski definition) is 0. The summed E-state index contributed by atoms with van der Waals surface area (Å²) in [5.41, 5.74) is -0.397. The number of aromatic nitrogens is 2. The number of rotatable bonds is 4. The molecule has 0 bridgehead atoms. The van der Waals surface area contributed by atoms with Crippen molar-refractivity contribution < 1.29 is 17.0 Å². The summed E-state index contributed by atoms with van der Waals surface area (Å²) in [5, 5.41) is 3.44. The Hall–Kier alpha value is -2.13. The highest BCUT2D eigenvalue weighted by molar-refractivity contribution is 7.87. The third-order valence-corrected chi connectivity index (χ3v) is 5.63. The van der Waals surface area contributed by atoms with Gasteiger partial charge in [0.05, 0.1) is 21.9 Å². The summed E-state index contributed by atoms with van der Waals surface area (Å²) in [4.78, 5) is 11.9. The van der Waals surface area contributed by atoms with E-state index in [4.69, 9.17) is 39.0 Å². The Labute approximate surface area is 167 Å². The van der Waals surface area contributed by atoms with E-state index < -0.39 is 21.5 Å². The monoisotopic (exact) mass is 448 g/mol. The summed E-state index contributed by atoms with van der Waals surface area (Å²) < 4.78 is 43.7. The molecule has 0 aliphatic rings. The van der Waals surface area contributed by atoms with Crippen LogP contribution in [-0.2, 0) is 10.1 Å². The van der Waals surface area contributed by atoms with E-state index in [9.17, 15) is 17.6 Å². The van der Waals surface area contributed by atoms with Crippen LogP contribution in [0.5, 0.6) is 5.75 Å². The average Bonchev–Trinajstić information content (AvgIpc) is 2.62. The van der Waals surface area contributed by atoms with E-state index in [0.717, 1.165) is 22.9 Å². The van der Waals surface area contributed by atoms with Gasteiger partial charge in [0.1, 0.15) is 15.7 Å². The van der Waals surface area contributed by atoms with E-state index in [-0.39, 0.29) is 31.4 Å². The van der Waals surface area contributed by atoms with Crippen LogP contribution in [0.2, 0.25) is 15.1 Å². The minimum atomic E-state index is -4.23. The highest BCUT2D eigenvalue weighted by atomic mass is 35.5. The van der Waals surface area contributed by atoms with E-state index in [1.54, 1.807) is 0 Å². The molecule has 3 aromatic rings. The molecule has 0 unspecified atom stereocenters. The molecule has 0 radical (unpaired) electrons. The highest BCUT2D eigenvalue weighted by Gasteiger charge is 2.19. The molecule has 2 aromatic carbocycles. The van der Waals surface area contributed by atoms with Gasteiger partial charge in [-0.1, -0.05) is 34.8 Å². The van der Waals surface area contributed by atoms with Gasteiger partial charge in [-0.25, -0.2) is 4.39 Å². The number of nitrogens with zero attached hydrogens (tertiary/aromatic N) is 2. The minimum absolute atomic E-state index is 0.00157. The van der Waals surface area contributed by atoms with Gasteiger partial charge >= 0.3 is 10.1 Å². The third-order valence-electron chi connectivity index (χ3n) is 3.34. The van der Waals surface area contributed by atoms with Crippen LogP contribution in [0.15, 0.2) is 58.4 Å². The van der Waals surface area contributed by atoms with Gasteiger partial charge in [-0.05, 0) is 42.5 Å². The van der Waals surface area contributed by atoms with Gasteiger partial charge in [-0.15, -0.1) is 0 Å². The Balaban J connectivity index is 1.93. The van der Waals surface area contributed by atoms with Gasteiger partial charge in [0, 0.05) is 0 Å². The molecule has 0 N–H and O–H groups in total. The smallest absolute Gasteiger partial charge is 0.339 e. The van der Waals surface area contributed by atoms with Gasteiger partial charge < -0.3 is 4.18 Å². The Morgan fingerprint density at radius 1 is 1.00 bits per heavy atom. The van der Waals surface area contributed by atoms with Gasteiger partial charge in [0.2, 0.25) is 0 Å². The van der Waals surface area contributed by atoms with Crippen molar-refractivity contribution in [2.75, 3.05) is 0 Å². The summed E-state index contributed by atoms with van der Waals surface area (Å²) in [5.74, 6) is -0.849. The predicted molar refractivity (Wildman–Crippen MR) is 99.1 cm³/mol. The Kier molecular flexibility index (Phi) is 5.43. The number of benzene rings is 2. The fourth-order valence-electron chi connectivity index (χ4n) is 2.06. The second kappa shape index (κ2) is 7.47. The Bertz CT molecular complexity index is 1180. The molecule has 1 aromatic heterocycles. The maximum Gasteiger partial charge on any atom is 0.339 e. The standard InChI is InChI=1S/C16H8Cl3FN2O4S/c17-12-7-9(20)1-6-14(12)26-27(24,25)11-4-2-10(3-5-11)22-16(23)15(19)13(18)8-21-22/h1-8H. The van der Waals surface area contributed by atoms with E-state index >= 15 is 0 Å². The average molecular weight is 450 g/mol. The molecule has 0 spiro atoms. The highest BCUT2D eigenvalue weighted by Crippen LogP contribution is 2.28. The molecule has 0 amide bonds. The molecule has 0 aliphatic heterocycles. The van der Waals surface area contributed by atoms with Crippen LogP contribution in [-0.4, -0.2) is 18.2 Å². The molecule has 6 nitrogen and oxygen atoms in total. The fourth-order valence-corrected chi connectivity index (χ4v) is 3.51. The lowest BCUT2D eigenvalue weighted by molar-refractivity contribution is 0.485. The molecule has 3 rings (SSSR count). The molecular formula is C16H8Cl3FN2O4S. The fraction of sp³-hybridized carbons (Fsp3) is 0. The van der Waals surface area contributed by atoms with Crippen LogP contribution in [0, 0.1) is 5.82 Å². The van der Waals surface area contributed by atoms with Crippen molar-refractivity contribution in [1.29, 1.82) is 0 Å². The summed E-state index contributed by atoms with van der Waals surface area (Å²) >= 11 is 17.3. The maximum atomic E-state index is 13.1. The molecule has 27 heavy (non-hydrogen) atoms. The van der Waals surface area contributed by atoms with Gasteiger partial charge in [-0.2, -0.15) is 18.2 Å². The first-order valence-electron chi connectivity index (χ1n) is 7.12. The molecule has 140 valence electrons. The van der Waals surface area contributed by atoms with E-state index in [1.165, 1.54) is 30.5 Å². The zero-order valence-corrected chi connectivity index (χ0v) is 16.2. The SMILES string of the molecule is O=c1c(Cl)c(Cl)cnn1-c1ccc(S(=O)(=O)Oc2ccc(F)cc2Cl)cc1. The van der Waals surface area contributed by atoms with Gasteiger partial charge in [0.15, 0.2) is 5.75 Å². The normalized spacial score (nSPS) is 11.4. The molecule has 0 atom stereocenters. The van der Waals surface area contributed by atoms with Crippen LogP contribution in [0.4, 0.5) is 4.39 Å². The molecule has 1 heterocycles. The predicted octanol–water partition coefficient (Wildman–Crippen LogP) is 4.10. The summed E-state index contributed by atoms with van der Waals surface area (Å²) in [6.45, 7) is 0.